The molecule has 5 nitrogen and oxygen atoms in total. The highest BCUT2D eigenvalue weighted by Crippen LogP contribution is 2.39. The third-order valence-corrected chi connectivity index (χ3v) is 4.43. The monoisotopic (exact) mass is 394 g/mol. The van der Waals surface area contributed by atoms with Gasteiger partial charge in [0.15, 0.2) is 6.61 Å². The maximum atomic E-state index is 12.3. The molecule has 1 aliphatic rings. The van der Waals surface area contributed by atoms with E-state index < -0.39 is 12.8 Å². The molecule has 1 unspecified atom stereocenters. The van der Waals surface area contributed by atoms with Gasteiger partial charge in [-0.3, -0.25) is 9.78 Å². The van der Waals surface area contributed by atoms with E-state index in [-0.39, 0.29) is 29.5 Å². The van der Waals surface area contributed by atoms with Gasteiger partial charge in [-0.25, -0.2) is 0 Å². The van der Waals surface area contributed by atoms with Crippen LogP contribution in [0, 0.1) is 11.8 Å². The standard InChI is InChI=1S/C20H21F3N2O3/c1-13(18-8-7-16(10-24-18)28-12-20(21,22)23)25-19(26)17-9-14(17)11-27-15-5-3-2-4-6-15/h2-8,10,13-14,17H,9,11-12H2,1H3,(H,25,26)/t13?,14-,17+/m1/s1. The normalized spacial score (nSPS) is 19.6. The summed E-state index contributed by atoms with van der Waals surface area (Å²) in [5, 5.41) is 2.88. The molecule has 1 heterocycles. The minimum absolute atomic E-state index is 0.0277. The van der Waals surface area contributed by atoms with Gasteiger partial charge >= 0.3 is 6.18 Å². The van der Waals surface area contributed by atoms with Crippen molar-refractivity contribution in [3.05, 3.63) is 54.4 Å². The summed E-state index contributed by atoms with van der Waals surface area (Å²) in [7, 11) is 0. The van der Waals surface area contributed by atoms with Gasteiger partial charge in [0.05, 0.1) is 24.5 Å². The zero-order chi connectivity index (χ0) is 20.1. The number of amides is 1. The van der Waals surface area contributed by atoms with Crippen LogP contribution in [0.5, 0.6) is 11.5 Å². The maximum absolute atomic E-state index is 12.3. The molecule has 1 aromatic heterocycles. The summed E-state index contributed by atoms with van der Waals surface area (Å²) < 4.78 is 46.8. The average molecular weight is 394 g/mol. The van der Waals surface area contributed by atoms with Crippen molar-refractivity contribution in [2.24, 2.45) is 11.8 Å². The van der Waals surface area contributed by atoms with E-state index in [9.17, 15) is 18.0 Å². The third kappa shape index (κ3) is 5.87. The van der Waals surface area contributed by atoms with Gasteiger partial charge in [0.25, 0.3) is 0 Å². The summed E-state index contributed by atoms with van der Waals surface area (Å²) in [6.45, 7) is 0.892. The zero-order valence-corrected chi connectivity index (χ0v) is 15.3. The lowest BCUT2D eigenvalue weighted by Gasteiger charge is -2.14. The van der Waals surface area contributed by atoms with E-state index in [0.717, 1.165) is 12.2 Å². The molecule has 28 heavy (non-hydrogen) atoms. The molecule has 0 aliphatic heterocycles. The van der Waals surface area contributed by atoms with Crippen LogP contribution in [0.3, 0.4) is 0 Å². The number of benzene rings is 1. The van der Waals surface area contributed by atoms with E-state index >= 15 is 0 Å². The lowest BCUT2D eigenvalue weighted by atomic mass is 10.2. The van der Waals surface area contributed by atoms with E-state index in [4.69, 9.17) is 4.74 Å². The number of nitrogens with one attached hydrogen (secondary N) is 1. The molecule has 0 radical (unpaired) electrons. The van der Waals surface area contributed by atoms with Crippen molar-refractivity contribution in [2.45, 2.75) is 25.6 Å². The maximum Gasteiger partial charge on any atom is 0.422 e. The van der Waals surface area contributed by atoms with Gasteiger partial charge in [0.1, 0.15) is 11.5 Å². The van der Waals surface area contributed by atoms with Gasteiger partial charge in [-0.1, -0.05) is 18.2 Å². The first-order valence-corrected chi connectivity index (χ1v) is 8.95. The molecule has 150 valence electrons. The molecule has 0 spiro atoms. The number of pyridine rings is 1. The molecule has 0 saturated heterocycles. The number of ether oxygens (including phenoxy) is 2. The van der Waals surface area contributed by atoms with Crippen LogP contribution in [-0.2, 0) is 4.79 Å². The molecule has 2 aromatic rings. The van der Waals surface area contributed by atoms with Crippen LogP contribution in [0.15, 0.2) is 48.7 Å². The van der Waals surface area contributed by atoms with Gasteiger partial charge < -0.3 is 14.8 Å². The molecule has 3 rings (SSSR count). The van der Waals surface area contributed by atoms with Crippen LogP contribution in [0.1, 0.15) is 25.1 Å². The number of nitrogens with zero attached hydrogens (tertiary/aromatic N) is 1. The number of carbonyl (C=O) groups is 1. The van der Waals surface area contributed by atoms with E-state index in [0.29, 0.717) is 12.3 Å². The number of alkyl halides is 3. The Morgan fingerprint density at radius 2 is 1.93 bits per heavy atom. The first-order chi connectivity index (χ1) is 13.3. The minimum Gasteiger partial charge on any atom is -0.493 e. The summed E-state index contributed by atoms with van der Waals surface area (Å²) in [6, 6.07) is 12.0. The quantitative estimate of drug-likeness (QED) is 0.737. The van der Waals surface area contributed by atoms with Crippen molar-refractivity contribution in [3.63, 3.8) is 0 Å². The Morgan fingerprint density at radius 1 is 1.18 bits per heavy atom. The highest BCUT2D eigenvalue weighted by Gasteiger charge is 2.43. The molecular formula is C20H21F3N2O3. The summed E-state index contributed by atoms with van der Waals surface area (Å²) in [5.41, 5.74) is 0.547. The third-order valence-electron chi connectivity index (χ3n) is 4.43. The summed E-state index contributed by atoms with van der Waals surface area (Å²) in [5.74, 6) is 0.811. The topological polar surface area (TPSA) is 60.5 Å². The van der Waals surface area contributed by atoms with Crippen molar-refractivity contribution < 1.29 is 27.4 Å². The van der Waals surface area contributed by atoms with Crippen LogP contribution in [0.25, 0.3) is 0 Å². The first kappa shape index (κ1) is 20.0. The van der Waals surface area contributed by atoms with E-state index in [1.807, 2.05) is 30.3 Å². The predicted octanol–water partition coefficient (Wildman–Crippen LogP) is 3.92. The zero-order valence-electron chi connectivity index (χ0n) is 15.3. The van der Waals surface area contributed by atoms with E-state index in [2.05, 4.69) is 15.0 Å². The fourth-order valence-electron chi connectivity index (χ4n) is 2.77. The van der Waals surface area contributed by atoms with Crippen molar-refractivity contribution in [3.8, 4) is 11.5 Å². The number of para-hydroxylation sites is 1. The molecule has 1 aromatic carbocycles. The number of halogens is 3. The van der Waals surface area contributed by atoms with Gasteiger partial charge in [0.2, 0.25) is 5.91 Å². The lowest BCUT2D eigenvalue weighted by Crippen LogP contribution is -2.29. The van der Waals surface area contributed by atoms with Crippen molar-refractivity contribution >= 4 is 5.91 Å². The molecule has 1 N–H and O–H groups in total. The summed E-state index contributed by atoms with van der Waals surface area (Å²) in [4.78, 5) is 16.4. The highest BCUT2D eigenvalue weighted by molar-refractivity contribution is 5.81. The predicted molar refractivity (Wildman–Crippen MR) is 95.9 cm³/mol. The number of aromatic nitrogens is 1. The summed E-state index contributed by atoms with van der Waals surface area (Å²) >= 11 is 0. The first-order valence-electron chi connectivity index (χ1n) is 8.95. The smallest absolute Gasteiger partial charge is 0.422 e. The van der Waals surface area contributed by atoms with Crippen molar-refractivity contribution in [1.29, 1.82) is 0 Å². The van der Waals surface area contributed by atoms with Crippen molar-refractivity contribution in [1.82, 2.24) is 10.3 Å². The Kier molecular flexibility index (Phi) is 6.06. The fraction of sp³-hybridized carbons (Fsp3) is 0.400. The fourth-order valence-corrected chi connectivity index (χ4v) is 2.77. The molecule has 1 amide bonds. The number of rotatable bonds is 8. The number of hydrogen-bond acceptors (Lipinski definition) is 4. The van der Waals surface area contributed by atoms with Crippen LogP contribution in [-0.4, -0.2) is 30.3 Å². The molecule has 1 fully saturated rings. The van der Waals surface area contributed by atoms with Crippen LogP contribution in [0.4, 0.5) is 13.2 Å². The van der Waals surface area contributed by atoms with Gasteiger partial charge in [-0.05, 0) is 37.6 Å². The Morgan fingerprint density at radius 3 is 2.57 bits per heavy atom. The Bertz CT molecular complexity index is 782. The minimum atomic E-state index is -4.40. The molecule has 0 bridgehead atoms. The van der Waals surface area contributed by atoms with Crippen molar-refractivity contribution in [2.75, 3.05) is 13.2 Å². The second-order valence-electron chi connectivity index (χ2n) is 6.78. The Labute approximate surface area is 160 Å². The second-order valence-corrected chi connectivity index (χ2v) is 6.78. The summed E-state index contributed by atoms with van der Waals surface area (Å²) in [6.07, 6.45) is -2.41. The lowest BCUT2D eigenvalue weighted by molar-refractivity contribution is -0.153. The van der Waals surface area contributed by atoms with Gasteiger partial charge in [0, 0.05) is 11.8 Å². The second kappa shape index (κ2) is 8.50. The molecule has 1 aliphatic carbocycles. The van der Waals surface area contributed by atoms with Crippen LogP contribution in [0.2, 0.25) is 0 Å². The van der Waals surface area contributed by atoms with Gasteiger partial charge in [-0.2, -0.15) is 13.2 Å². The largest absolute Gasteiger partial charge is 0.493 e. The molecular weight excluding hydrogens is 373 g/mol. The van der Waals surface area contributed by atoms with Gasteiger partial charge in [-0.15, -0.1) is 0 Å². The van der Waals surface area contributed by atoms with E-state index in [1.165, 1.54) is 12.3 Å². The Hall–Kier alpha value is -2.77. The Balaban J connectivity index is 1.43. The number of carbonyl (C=O) groups excluding carboxylic acids is 1. The molecule has 8 heteroatoms. The van der Waals surface area contributed by atoms with E-state index in [1.54, 1.807) is 13.0 Å². The SMILES string of the molecule is CC(NC(=O)[C@H]1C[C@@H]1COc1ccccc1)c1ccc(OCC(F)(F)F)cn1. The van der Waals surface area contributed by atoms with Crippen LogP contribution >= 0.6 is 0 Å². The highest BCUT2D eigenvalue weighted by atomic mass is 19.4. The number of hydrogen-bond donors (Lipinski definition) is 1. The average Bonchev–Trinajstić information content (AvgIpc) is 3.45. The van der Waals surface area contributed by atoms with Crippen LogP contribution < -0.4 is 14.8 Å². The molecule has 1 saturated carbocycles. The molecule has 3 atom stereocenters.